The summed E-state index contributed by atoms with van der Waals surface area (Å²) < 4.78 is 5.29. The molecule has 1 aromatic carbocycles. The van der Waals surface area contributed by atoms with Gasteiger partial charge in [0.15, 0.2) is 0 Å². The molecule has 3 rings (SSSR count). The van der Waals surface area contributed by atoms with Crippen LogP contribution in [0.25, 0.3) is 21.9 Å². The van der Waals surface area contributed by atoms with Crippen LogP contribution in [0.5, 0.6) is 5.75 Å². The zero-order valence-electron chi connectivity index (χ0n) is 8.62. The van der Waals surface area contributed by atoms with Crippen molar-refractivity contribution in [3.05, 3.63) is 35.5 Å². The molecule has 0 amide bonds. The summed E-state index contributed by atoms with van der Waals surface area (Å²) in [5.41, 5.74) is 1.72. The number of nitrogens with zero attached hydrogens (tertiary/aromatic N) is 1. The van der Waals surface area contributed by atoms with E-state index < -0.39 is 0 Å². The van der Waals surface area contributed by atoms with Crippen LogP contribution in [0.2, 0.25) is 5.02 Å². The Labute approximate surface area is 97.0 Å². The summed E-state index contributed by atoms with van der Waals surface area (Å²) in [6.45, 7) is 0. The predicted molar refractivity (Wildman–Crippen MR) is 65.2 cm³/mol. The van der Waals surface area contributed by atoms with Crippen LogP contribution >= 0.6 is 11.6 Å². The second kappa shape index (κ2) is 3.39. The Hall–Kier alpha value is -1.74. The first-order valence-corrected chi connectivity index (χ1v) is 5.28. The lowest BCUT2D eigenvalue weighted by Crippen LogP contribution is -1.83. The maximum atomic E-state index is 6.20. The summed E-state index contributed by atoms with van der Waals surface area (Å²) in [5.74, 6) is 0.775. The highest BCUT2D eigenvalue weighted by atomic mass is 35.5. The average molecular weight is 233 g/mol. The van der Waals surface area contributed by atoms with Gasteiger partial charge in [0.1, 0.15) is 11.4 Å². The van der Waals surface area contributed by atoms with Gasteiger partial charge in [-0.25, -0.2) is 4.98 Å². The number of hydrogen-bond acceptors (Lipinski definition) is 2. The molecule has 0 aliphatic heterocycles. The number of hydrogen-bond donors (Lipinski definition) is 1. The van der Waals surface area contributed by atoms with Crippen molar-refractivity contribution in [2.75, 3.05) is 7.11 Å². The first-order chi connectivity index (χ1) is 7.81. The molecule has 80 valence electrons. The molecule has 0 saturated heterocycles. The fourth-order valence-corrected chi connectivity index (χ4v) is 2.20. The smallest absolute Gasteiger partial charge is 0.143 e. The molecule has 3 aromatic rings. The van der Waals surface area contributed by atoms with E-state index >= 15 is 0 Å². The van der Waals surface area contributed by atoms with Crippen molar-refractivity contribution < 1.29 is 4.74 Å². The molecule has 0 saturated carbocycles. The third-order valence-corrected chi connectivity index (χ3v) is 2.97. The largest absolute Gasteiger partial charge is 0.495 e. The van der Waals surface area contributed by atoms with Crippen molar-refractivity contribution in [1.82, 2.24) is 9.97 Å². The number of methoxy groups -OCH3 is 1. The van der Waals surface area contributed by atoms with Gasteiger partial charge >= 0.3 is 0 Å². The third kappa shape index (κ3) is 1.18. The molecular formula is C12H9ClN2O. The van der Waals surface area contributed by atoms with Gasteiger partial charge in [0, 0.05) is 17.0 Å². The lowest BCUT2D eigenvalue weighted by atomic mass is 10.2. The number of rotatable bonds is 1. The number of fused-ring (bicyclic) bond motifs is 3. The molecule has 0 fully saturated rings. The monoisotopic (exact) mass is 232 g/mol. The molecule has 0 aliphatic rings. The van der Waals surface area contributed by atoms with E-state index in [0.717, 1.165) is 27.7 Å². The molecule has 16 heavy (non-hydrogen) atoms. The topological polar surface area (TPSA) is 37.9 Å². The Morgan fingerprint density at radius 2 is 2.19 bits per heavy atom. The highest BCUT2D eigenvalue weighted by molar-refractivity contribution is 6.38. The van der Waals surface area contributed by atoms with Crippen LogP contribution in [0.4, 0.5) is 0 Å². The first kappa shape index (κ1) is 9.48. The molecule has 2 heterocycles. The van der Waals surface area contributed by atoms with Gasteiger partial charge < -0.3 is 9.72 Å². The molecule has 1 N–H and O–H groups in total. The number of halogens is 1. The molecule has 0 radical (unpaired) electrons. The van der Waals surface area contributed by atoms with E-state index in [9.17, 15) is 0 Å². The van der Waals surface area contributed by atoms with Crippen LogP contribution in [0.3, 0.4) is 0 Å². The van der Waals surface area contributed by atoms with Crippen molar-refractivity contribution in [2.24, 2.45) is 0 Å². The quantitative estimate of drug-likeness (QED) is 0.699. The molecule has 0 spiro atoms. The fraction of sp³-hybridized carbons (Fsp3) is 0.0833. The Kier molecular flexibility index (Phi) is 2.01. The van der Waals surface area contributed by atoms with E-state index in [4.69, 9.17) is 16.3 Å². The number of aromatic nitrogens is 2. The fourth-order valence-electron chi connectivity index (χ4n) is 1.94. The summed E-state index contributed by atoms with van der Waals surface area (Å²) in [7, 11) is 1.64. The van der Waals surface area contributed by atoms with Crippen LogP contribution in [-0.2, 0) is 0 Å². The lowest BCUT2D eigenvalue weighted by Gasteiger charge is -2.02. The molecule has 0 unspecified atom stereocenters. The number of benzene rings is 1. The van der Waals surface area contributed by atoms with Gasteiger partial charge in [0.25, 0.3) is 0 Å². The van der Waals surface area contributed by atoms with Crippen LogP contribution in [-0.4, -0.2) is 17.1 Å². The second-order valence-electron chi connectivity index (χ2n) is 3.52. The average Bonchev–Trinajstić information content (AvgIpc) is 2.69. The van der Waals surface area contributed by atoms with Crippen molar-refractivity contribution in [3.63, 3.8) is 0 Å². The zero-order chi connectivity index (χ0) is 11.1. The van der Waals surface area contributed by atoms with E-state index in [1.807, 2.05) is 24.3 Å². The summed E-state index contributed by atoms with van der Waals surface area (Å²) in [4.78, 5) is 7.48. The summed E-state index contributed by atoms with van der Waals surface area (Å²) in [6.07, 6.45) is 1.75. The van der Waals surface area contributed by atoms with E-state index in [1.54, 1.807) is 13.3 Å². The highest BCUT2D eigenvalue weighted by Gasteiger charge is 2.11. The zero-order valence-corrected chi connectivity index (χ0v) is 9.38. The van der Waals surface area contributed by atoms with Crippen LogP contribution < -0.4 is 4.74 Å². The van der Waals surface area contributed by atoms with Crippen molar-refractivity contribution in [2.45, 2.75) is 0 Å². The van der Waals surface area contributed by atoms with Gasteiger partial charge in [-0.2, -0.15) is 0 Å². The molecular weight excluding hydrogens is 224 g/mol. The molecule has 0 bridgehead atoms. The molecule has 0 aliphatic carbocycles. The van der Waals surface area contributed by atoms with Crippen LogP contribution in [0.1, 0.15) is 0 Å². The van der Waals surface area contributed by atoms with Gasteiger partial charge in [0.2, 0.25) is 0 Å². The van der Waals surface area contributed by atoms with Gasteiger partial charge in [-0.15, -0.1) is 0 Å². The number of pyridine rings is 1. The number of nitrogens with one attached hydrogen (secondary N) is 1. The van der Waals surface area contributed by atoms with Crippen molar-refractivity contribution in [1.29, 1.82) is 0 Å². The van der Waals surface area contributed by atoms with Crippen molar-refractivity contribution >= 4 is 33.5 Å². The number of H-pyrrole nitrogens is 1. The summed E-state index contributed by atoms with van der Waals surface area (Å²) in [6, 6.07) is 7.57. The maximum Gasteiger partial charge on any atom is 0.143 e. The van der Waals surface area contributed by atoms with Crippen LogP contribution in [0.15, 0.2) is 30.5 Å². The SMILES string of the molecule is COc1ccc(Cl)c2c1[nH]c1ncccc12. The van der Waals surface area contributed by atoms with E-state index in [-0.39, 0.29) is 0 Å². The standard InChI is InChI=1S/C12H9ClN2O/c1-16-9-5-4-8(13)10-7-3-2-6-14-12(7)15-11(9)10/h2-6H,1H3,(H,14,15). The number of aromatic amines is 1. The molecule has 4 heteroatoms. The molecule has 0 atom stereocenters. The summed E-state index contributed by atoms with van der Waals surface area (Å²) in [5, 5.41) is 2.68. The minimum absolute atomic E-state index is 0.704. The first-order valence-electron chi connectivity index (χ1n) is 4.90. The Morgan fingerprint density at radius 1 is 1.31 bits per heavy atom. The normalized spacial score (nSPS) is 11.1. The number of ether oxygens (including phenoxy) is 1. The Balaban J connectivity index is 2.58. The van der Waals surface area contributed by atoms with Gasteiger partial charge in [-0.3, -0.25) is 0 Å². The van der Waals surface area contributed by atoms with Gasteiger partial charge in [0.05, 0.1) is 17.6 Å². The van der Waals surface area contributed by atoms with Gasteiger partial charge in [-0.05, 0) is 24.3 Å². The predicted octanol–water partition coefficient (Wildman–Crippen LogP) is 3.38. The van der Waals surface area contributed by atoms with E-state index in [2.05, 4.69) is 9.97 Å². The minimum atomic E-state index is 0.704. The minimum Gasteiger partial charge on any atom is -0.495 e. The maximum absolute atomic E-state index is 6.20. The molecule has 2 aromatic heterocycles. The van der Waals surface area contributed by atoms with Crippen molar-refractivity contribution in [3.8, 4) is 5.75 Å². The Morgan fingerprint density at radius 3 is 3.00 bits per heavy atom. The lowest BCUT2D eigenvalue weighted by molar-refractivity contribution is 0.419. The second-order valence-corrected chi connectivity index (χ2v) is 3.93. The van der Waals surface area contributed by atoms with E-state index in [0.29, 0.717) is 5.02 Å². The van der Waals surface area contributed by atoms with Crippen LogP contribution in [0, 0.1) is 0 Å². The molecule has 3 nitrogen and oxygen atoms in total. The van der Waals surface area contributed by atoms with Gasteiger partial charge in [-0.1, -0.05) is 11.6 Å². The third-order valence-electron chi connectivity index (χ3n) is 2.66. The summed E-state index contributed by atoms with van der Waals surface area (Å²) >= 11 is 6.20. The Bertz CT molecular complexity index is 675. The van der Waals surface area contributed by atoms with E-state index in [1.165, 1.54) is 0 Å². The highest BCUT2D eigenvalue weighted by Crippen LogP contribution is 2.35.